The van der Waals surface area contributed by atoms with E-state index in [0.29, 0.717) is 18.4 Å². The minimum absolute atomic E-state index is 0.335. The molecule has 0 aliphatic heterocycles. The lowest BCUT2D eigenvalue weighted by Crippen LogP contribution is -2.19. The Bertz CT molecular complexity index is 685. The predicted molar refractivity (Wildman–Crippen MR) is 103 cm³/mol. The Hall–Kier alpha value is -1.52. The number of fused-ring (bicyclic) bond motifs is 1. The standard InChI is InChI=1S/C23H30F4O/c1-2-3-4-16-5-7-17(8-6-16)9-10-18-11-13-20-19(15-18)12-14-21(22(20)24)28-23(25,26)27/h11-12,14,16-17H,2-10,13,15H2,1H3. The summed E-state index contributed by atoms with van der Waals surface area (Å²) in [6.07, 6.45) is 9.57. The molecule has 0 bridgehead atoms. The third-order valence-corrected chi connectivity index (χ3v) is 6.35. The van der Waals surface area contributed by atoms with Crippen molar-refractivity contribution in [2.45, 2.75) is 83.9 Å². The lowest BCUT2D eigenvalue weighted by molar-refractivity contribution is -0.275. The van der Waals surface area contributed by atoms with Crippen LogP contribution >= 0.6 is 0 Å². The molecule has 3 rings (SSSR count). The van der Waals surface area contributed by atoms with E-state index >= 15 is 0 Å². The quantitative estimate of drug-likeness (QED) is 0.341. The third kappa shape index (κ3) is 5.74. The summed E-state index contributed by atoms with van der Waals surface area (Å²) in [4.78, 5) is 0. The van der Waals surface area contributed by atoms with Crippen molar-refractivity contribution in [3.63, 3.8) is 0 Å². The van der Waals surface area contributed by atoms with Crippen LogP contribution in [0.1, 0.15) is 75.8 Å². The summed E-state index contributed by atoms with van der Waals surface area (Å²) in [5.41, 5.74) is 2.40. The van der Waals surface area contributed by atoms with E-state index in [0.717, 1.165) is 29.9 Å². The first-order chi connectivity index (χ1) is 13.4. The smallest absolute Gasteiger partial charge is 0.403 e. The predicted octanol–water partition coefficient (Wildman–Crippen LogP) is 7.53. The van der Waals surface area contributed by atoms with Crippen LogP contribution in [0.5, 0.6) is 5.75 Å². The molecular weight excluding hydrogens is 368 g/mol. The van der Waals surface area contributed by atoms with E-state index in [-0.39, 0.29) is 0 Å². The molecule has 156 valence electrons. The number of rotatable bonds is 7. The molecule has 2 aliphatic carbocycles. The number of hydrogen-bond donors (Lipinski definition) is 0. The van der Waals surface area contributed by atoms with Crippen molar-refractivity contribution in [3.05, 3.63) is 40.7 Å². The van der Waals surface area contributed by atoms with Gasteiger partial charge in [-0.05, 0) is 54.7 Å². The average Bonchev–Trinajstić information content (AvgIpc) is 2.67. The van der Waals surface area contributed by atoms with Crippen LogP contribution in [-0.4, -0.2) is 6.36 Å². The van der Waals surface area contributed by atoms with Gasteiger partial charge in [-0.2, -0.15) is 0 Å². The topological polar surface area (TPSA) is 9.23 Å². The van der Waals surface area contributed by atoms with Crippen LogP contribution in [0.4, 0.5) is 17.6 Å². The van der Waals surface area contributed by atoms with Crippen molar-refractivity contribution in [2.75, 3.05) is 0 Å². The van der Waals surface area contributed by atoms with Crippen LogP contribution in [0.25, 0.3) is 0 Å². The van der Waals surface area contributed by atoms with E-state index < -0.39 is 17.9 Å². The van der Waals surface area contributed by atoms with E-state index in [2.05, 4.69) is 11.7 Å². The van der Waals surface area contributed by atoms with Gasteiger partial charge in [-0.3, -0.25) is 0 Å². The van der Waals surface area contributed by atoms with Gasteiger partial charge in [-0.15, -0.1) is 13.2 Å². The Kier molecular flexibility index (Phi) is 7.05. The van der Waals surface area contributed by atoms with E-state index in [4.69, 9.17) is 0 Å². The van der Waals surface area contributed by atoms with E-state index in [1.807, 2.05) is 6.08 Å². The van der Waals surface area contributed by atoms with Crippen LogP contribution in [0.3, 0.4) is 0 Å². The Balaban J connectivity index is 1.50. The Morgan fingerprint density at radius 3 is 2.36 bits per heavy atom. The molecule has 0 radical (unpaired) electrons. The van der Waals surface area contributed by atoms with Gasteiger partial charge in [0.15, 0.2) is 11.6 Å². The maximum atomic E-state index is 14.4. The summed E-state index contributed by atoms with van der Waals surface area (Å²) in [5.74, 6) is 0.0750. The minimum atomic E-state index is -4.87. The molecule has 1 aromatic carbocycles. The molecule has 0 heterocycles. The minimum Gasteiger partial charge on any atom is -0.403 e. The van der Waals surface area contributed by atoms with Crippen LogP contribution in [0.2, 0.25) is 0 Å². The van der Waals surface area contributed by atoms with Gasteiger partial charge in [-0.25, -0.2) is 4.39 Å². The van der Waals surface area contributed by atoms with E-state index in [9.17, 15) is 17.6 Å². The molecule has 0 saturated heterocycles. The zero-order valence-electron chi connectivity index (χ0n) is 16.6. The Morgan fingerprint density at radius 1 is 1.04 bits per heavy atom. The number of halogens is 4. The highest BCUT2D eigenvalue weighted by Gasteiger charge is 2.33. The highest BCUT2D eigenvalue weighted by atomic mass is 19.4. The maximum Gasteiger partial charge on any atom is 0.573 e. The molecule has 1 aromatic rings. The van der Waals surface area contributed by atoms with Crippen LogP contribution in [-0.2, 0) is 12.8 Å². The number of benzene rings is 1. The van der Waals surface area contributed by atoms with Crippen molar-refractivity contribution >= 4 is 0 Å². The summed E-state index contributed by atoms with van der Waals surface area (Å²) in [5, 5.41) is 0. The fourth-order valence-electron chi connectivity index (χ4n) is 4.67. The van der Waals surface area contributed by atoms with E-state index in [1.165, 1.54) is 56.9 Å². The molecule has 0 N–H and O–H groups in total. The molecule has 0 spiro atoms. The van der Waals surface area contributed by atoms with Gasteiger partial charge >= 0.3 is 6.36 Å². The van der Waals surface area contributed by atoms with Crippen LogP contribution < -0.4 is 4.74 Å². The van der Waals surface area contributed by atoms with Gasteiger partial charge in [0.1, 0.15) is 0 Å². The highest BCUT2D eigenvalue weighted by Crippen LogP contribution is 2.37. The van der Waals surface area contributed by atoms with Crippen LogP contribution in [0.15, 0.2) is 23.8 Å². The molecule has 2 aliphatic rings. The van der Waals surface area contributed by atoms with Gasteiger partial charge in [0.25, 0.3) is 0 Å². The lowest BCUT2D eigenvalue weighted by Gasteiger charge is -2.29. The first-order valence-electron chi connectivity index (χ1n) is 10.6. The highest BCUT2D eigenvalue weighted by molar-refractivity contribution is 5.43. The monoisotopic (exact) mass is 398 g/mol. The number of hydrogen-bond acceptors (Lipinski definition) is 1. The summed E-state index contributed by atoms with van der Waals surface area (Å²) < 4.78 is 55.3. The first kappa shape index (κ1) is 21.2. The summed E-state index contributed by atoms with van der Waals surface area (Å²) in [7, 11) is 0. The third-order valence-electron chi connectivity index (χ3n) is 6.35. The molecule has 5 heteroatoms. The van der Waals surface area contributed by atoms with Crippen molar-refractivity contribution in [2.24, 2.45) is 11.8 Å². The number of allylic oxidation sites excluding steroid dienone is 2. The summed E-state index contributed by atoms with van der Waals surface area (Å²) in [6.45, 7) is 2.25. The Labute approximate surface area is 165 Å². The molecule has 0 aromatic heterocycles. The second-order valence-electron chi connectivity index (χ2n) is 8.37. The molecule has 28 heavy (non-hydrogen) atoms. The lowest BCUT2D eigenvalue weighted by atomic mass is 9.77. The molecule has 0 amide bonds. The molecule has 1 fully saturated rings. The van der Waals surface area contributed by atoms with Crippen molar-refractivity contribution in [3.8, 4) is 5.75 Å². The number of alkyl halides is 3. The normalized spacial score (nSPS) is 22.5. The second-order valence-corrected chi connectivity index (χ2v) is 8.37. The zero-order valence-corrected chi connectivity index (χ0v) is 16.6. The number of unbranched alkanes of at least 4 members (excludes halogenated alkanes) is 1. The largest absolute Gasteiger partial charge is 0.573 e. The first-order valence-corrected chi connectivity index (χ1v) is 10.6. The van der Waals surface area contributed by atoms with Gasteiger partial charge in [0.2, 0.25) is 0 Å². The van der Waals surface area contributed by atoms with Gasteiger partial charge in [-0.1, -0.05) is 69.6 Å². The fourth-order valence-corrected chi connectivity index (χ4v) is 4.67. The summed E-state index contributed by atoms with van der Waals surface area (Å²) >= 11 is 0. The van der Waals surface area contributed by atoms with Crippen molar-refractivity contribution < 1.29 is 22.3 Å². The molecule has 1 nitrogen and oxygen atoms in total. The second kappa shape index (κ2) is 9.32. The van der Waals surface area contributed by atoms with E-state index in [1.54, 1.807) is 6.07 Å². The molecular formula is C23H30F4O. The SMILES string of the molecule is CCCCC1CCC(CCC2=CCc3c(ccc(OC(F)(F)F)c3F)C2)CC1. The summed E-state index contributed by atoms with van der Waals surface area (Å²) in [6, 6.07) is 2.67. The van der Waals surface area contributed by atoms with Gasteiger partial charge in [0, 0.05) is 0 Å². The molecule has 1 saturated carbocycles. The van der Waals surface area contributed by atoms with Crippen molar-refractivity contribution in [1.29, 1.82) is 0 Å². The average molecular weight is 398 g/mol. The maximum absolute atomic E-state index is 14.4. The van der Waals surface area contributed by atoms with Gasteiger partial charge in [0.05, 0.1) is 0 Å². The molecule has 0 atom stereocenters. The fraction of sp³-hybridized carbons (Fsp3) is 0.652. The zero-order chi connectivity index (χ0) is 20.1. The number of ether oxygens (including phenoxy) is 1. The Morgan fingerprint density at radius 2 is 1.71 bits per heavy atom. The molecule has 0 unspecified atom stereocenters. The van der Waals surface area contributed by atoms with Gasteiger partial charge < -0.3 is 4.74 Å². The van der Waals surface area contributed by atoms with Crippen LogP contribution in [0, 0.1) is 17.7 Å². The van der Waals surface area contributed by atoms with Crippen molar-refractivity contribution in [1.82, 2.24) is 0 Å².